The maximum absolute atomic E-state index is 5.31. The van der Waals surface area contributed by atoms with E-state index in [1.165, 1.54) is 26.9 Å². The highest BCUT2D eigenvalue weighted by Crippen LogP contribution is 2.38. The highest BCUT2D eigenvalue weighted by molar-refractivity contribution is 6.25. The summed E-state index contributed by atoms with van der Waals surface area (Å²) >= 11 is 0. The van der Waals surface area contributed by atoms with Crippen molar-refractivity contribution in [2.45, 2.75) is 0 Å². The van der Waals surface area contributed by atoms with Crippen molar-refractivity contribution in [1.29, 1.82) is 0 Å². The fourth-order valence-corrected chi connectivity index (χ4v) is 8.63. The summed E-state index contributed by atoms with van der Waals surface area (Å²) in [6, 6.07) is 69.2. The third kappa shape index (κ3) is 5.48. The van der Waals surface area contributed by atoms with Gasteiger partial charge in [-0.1, -0.05) is 158 Å². The van der Waals surface area contributed by atoms with Crippen molar-refractivity contribution < 1.29 is 0 Å². The van der Waals surface area contributed by atoms with Crippen molar-refractivity contribution in [3.05, 3.63) is 200 Å². The van der Waals surface area contributed by atoms with Gasteiger partial charge in [-0.3, -0.25) is 9.13 Å². The van der Waals surface area contributed by atoms with Crippen LogP contribution in [0, 0.1) is 0 Å². The average molecular weight is 768 g/mol. The molecule has 280 valence electrons. The van der Waals surface area contributed by atoms with Gasteiger partial charge in [0.15, 0.2) is 11.6 Å². The zero-order valence-electron chi connectivity index (χ0n) is 32.2. The van der Waals surface area contributed by atoms with Gasteiger partial charge in [-0.25, -0.2) is 15.0 Å². The SMILES string of the molecule is c1ccc(-c2nc3ccccc3n2-c2cccc(-c3nc(-c4ccc5c6ccccc6c6ccccc6c5c4)nc(-n4c(-c5ccccc5)nc5ccccc54)n3)c2)cc1. The van der Waals surface area contributed by atoms with E-state index in [-0.39, 0.29) is 0 Å². The molecule has 0 bridgehead atoms. The lowest BCUT2D eigenvalue weighted by atomic mass is 9.93. The molecule has 0 unspecified atom stereocenters. The van der Waals surface area contributed by atoms with Crippen LogP contribution in [0.25, 0.3) is 112 Å². The van der Waals surface area contributed by atoms with Gasteiger partial charge in [-0.2, -0.15) is 9.97 Å². The predicted octanol–water partition coefficient (Wildman–Crippen LogP) is 12.7. The third-order valence-corrected chi connectivity index (χ3v) is 11.4. The lowest BCUT2D eigenvalue weighted by Gasteiger charge is -2.14. The van der Waals surface area contributed by atoms with Crippen molar-refractivity contribution in [3.63, 3.8) is 0 Å². The molecule has 0 radical (unpaired) electrons. The summed E-state index contributed by atoms with van der Waals surface area (Å²) in [5.74, 6) is 3.20. The van der Waals surface area contributed by atoms with Gasteiger partial charge in [0.1, 0.15) is 11.6 Å². The Morgan fingerprint density at radius 1 is 0.283 bits per heavy atom. The summed E-state index contributed by atoms with van der Waals surface area (Å²) in [6.07, 6.45) is 0. The molecule has 0 spiro atoms. The lowest BCUT2D eigenvalue weighted by molar-refractivity contribution is 0.929. The van der Waals surface area contributed by atoms with E-state index in [4.69, 9.17) is 24.9 Å². The Morgan fingerprint density at radius 2 is 0.733 bits per heavy atom. The molecular formula is C53H33N7. The monoisotopic (exact) mass is 767 g/mol. The van der Waals surface area contributed by atoms with Crippen LogP contribution in [0.1, 0.15) is 0 Å². The molecule has 3 aromatic heterocycles. The number of hydrogen-bond donors (Lipinski definition) is 0. The Bertz CT molecular complexity index is 3570. The van der Waals surface area contributed by atoms with Gasteiger partial charge in [-0.05, 0) is 74.8 Å². The Kier molecular flexibility index (Phi) is 7.71. The van der Waals surface area contributed by atoms with Gasteiger partial charge in [0, 0.05) is 27.9 Å². The van der Waals surface area contributed by atoms with Crippen molar-refractivity contribution in [2.24, 2.45) is 0 Å². The van der Waals surface area contributed by atoms with E-state index >= 15 is 0 Å². The minimum Gasteiger partial charge on any atom is -0.292 e. The number of benzene rings is 9. The second kappa shape index (κ2) is 13.7. The number of hydrogen-bond acceptors (Lipinski definition) is 5. The third-order valence-electron chi connectivity index (χ3n) is 11.4. The first kappa shape index (κ1) is 33.8. The van der Waals surface area contributed by atoms with Gasteiger partial charge < -0.3 is 0 Å². The van der Waals surface area contributed by atoms with E-state index in [1.807, 2.05) is 60.7 Å². The molecule has 3 heterocycles. The van der Waals surface area contributed by atoms with Crippen LogP contribution < -0.4 is 0 Å². The maximum Gasteiger partial charge on any atom is 0.240 e. The molecule has 0 saturated heterocycles. The molecule has 60 heavy (non-hydrogen) atoms. The maximum atomic E-state index is 5.31. The number of aromatic nitrogens is 7. The standard InChI is InChI=1S/C53H33N7/c1-3-16-34(17-4-1)51-54-45-26-11-13-28-47(45)59(51)38-21-15-20-36(32-38)49-56-50(37-30-31-43-41-24-8-7-22-39(41)40-23-9-10-25-42(40)44(43)33-37)58-53(57-49)60-48-29-14-12-27-46(48)55-52(60)35-18-5-2-6-19-35/h1-33H. The van der Waals surface area contributed by atoms with Crippen molar-refractivity contribution in [3.8, 4) is 57.2 Å². The van der Waals surface area contributed by atoms with Crippen LogP contribution in [0.3, 0.4) is 0 Å². The number of imidazole rings is 2. The van der Waals surface area contributed by atoms with Gasteiger partial charge in [-0.15, -0.1) is 0 Å². The molecule has 0 saturated carbocycles. The van der Waals surface area contributed by atoms with Crippen molar-refractivity contribution in [2.75, 3.05) is 0 Å². The molecule has 12 aromatic rings. The van der Waals surface area contributed by atoms with Crippen LogP contribution in [0.15, 0.2) is 200 Å². The molecule has 0 N–H and O–H groups in total. The van der Waals surface area contributed by atoms with Crippen molar-refractivity contribution in [1.82, 2.24) is 34.1 Å². The number of para-hydroxylation sites is 4. The van der Waals surface area contributed by atoms with Crippen LogP contribution >= 0.6 is 0 Å². The highest BCUT2D eigenvalue weighted by Gasteiger charge is 2.21. The van der Waals surface area contributed by atoms with Crippen LogP contribution in [0.5, 0.6) is 0 Å². The molecule has 0 atom stereocenters. The zero-order chi connectivity index (χ0) is 39.6. The average Bonchev–Trinajstić information content (AvgIpc) is 3.92. The van der Waals surface area contributed by atoms with Crippen LogP contribution in [-0.4, -0.2) is 34.1 Å². The first-order valence-electron chi connectivity index (χ1n) is 20.0. The normalized spacial score (nSPS) is 11.7. The summed E-state index contributed by atoms with van der Waals surface area (Å²) in [7, 11) is 0. The zero-order valence-corrected chi connectivity index (χ0v) is 32.2. The fraction of sp³-hybridized carbons (Fsp3) is 0. The van der Waals surface area contributed by atoms with Crippen molar-refractivity contribution >= 4 is 54.4 Å². The minimum atomic E-state index is 0.481. The molecule has 12 rings (SSSR count). The Hall–Kier alpha value is -8.29. The summed E-state index contributed by atoms with van der Waals surface area (Å²) in [4.78, 5) is 26.2. The Morgan fingerprint density at radius 3 is 1.33 bits per heavy atom. The lowest BCUT2D eigenvalue weighted by Crippen LogP contribution is -2.08. The summed E-state index contributed by atoms with van der Waals surface area (Å²) < 4.78 is 4.27. The number of fused-ring (bicyclic) bond motifs is 8. The Balaban J connectivity index is 1.11. The molecule has 0 aliphatic heterocycles. The van der Waals surface area contributed by atoms with Crippen LogP contribution in [0.4, 0.5) is 0 Å². The fourth-order valence-electron chi connectivity index (χ4n) is 8.63. The summed E-state index contributed by atoms with van der Waals surface area (Å²) in [5, 5.41) is 7.18. The summed E-state index contributed by atoms with van der Waals surface area (Å²) in [6.45, 7) is 0. The first-order valence-corrected chi connectivity index (χ1v) is 20.0. The van der Waals surface area contributed by atoms with Gasteiger partial charge in [0.25, 0.3) is 0 Å². The van der Waals surface area contributed by atoms with E-state index in [1.54, 1.807) is 0 Å². The first-order chi connectivity index (χ1) is 29.7. The molecule has 7 nitrogen and oxygen atoms in total. The molecule has 7 heteroatoms. The molecule has 0 aliphatic rings. The molecular weight excluding hydrogens is 735 g/mol. The topological polar surface area (TPSA) is 74.3 Å². The number of nitrogens with zero attached hydrogens (tertiary/aromatic N) is 7. The number of rotatable bonds is 6. The second-order valence-corrected chi connectivity index (χ2v) is 14.9. The van der Waals surface area contributed by atoms with Gasteiger partial charge in [0.2, 0.25) is 5.95 Å². The van der Waals surface area contributed by atoms with Gasteiger partial charge in [0.05, 0.1) is 22.1 Å². The van der Waals surface area contributed by atoms with E-state index < -0.39 is 0 Å². The largest absolute Gasteiger partial charge is 0.292 e. The van der Waals surface area contributed by atoms with E-state index in [2.05, 4.69) is 149 Å². The molecule has 0 aliphatic carbocycles. The minimum absolute atomic E-state index is 0.481. The van der Waals surface area contributed by atoms with Crippen LogP contribution in [0.2, 0.25) is 0 Å². The van der Waals surface area contributed by atoms with E-state index in [9.17, 15) is 0 Å². The highest BCUT2D eigenvalue weighted by atomic mass is 15.2. The smallest absolute Gasteiger partial charge is 0.240 e. The van der Waals surface area contributed by atoms with E-state index in [0.717, 1.165) is 67.0 Å². The summed E-state index contributed by atoms with van der Waals surface area (Å²) in [5.41, 5.74) is 8.37. The predicted molar refractivity (Wildman–Crippen MR) is 243 cm³/mol. The van der Waals surface area contributed by atoms with E-state index in [0.29, 0.717) is 17.6 Å². The molecule has 9 aromatic carbocycles. The van der Waals surface area contributed by atoms with Crippen LogP contribution in [-0.2, 0) is 0 Å². The van der Waals surface area contributed by atoms with Gasteiger partial charge >= 0.3 is 0 Å². The molecule has 0 fully saturated rings. The Labute approximate surface area is 344 Å². The molecule has 0 amide bonds. The second-order valence-electron chi connectivity index (χ2n) is 14.9. The quantitative estimate of drug-likeness (QED) is 0.158.